The Morgan fingerprint density at radius 2 is 1.79 bits per heavy atom. The van der Waals surface area contributed by atoms with Crippen molar-refractivity contribution < 1.29 is 4.74 Å². The zero-order valence-corrected chi connectivity index (χ0v) is 18.3. The predicted octanol–water partition coefficient (Wildman–Crippen LogP) is 1.75. The molecule has 0 unspecified atom stereocenters. The van der Waals surface area contributed by atoms with Crippen LogP contribution >= 0.6 is 0 Å². The van der Waals surface area contributed by atoms with Gasteiger partial charge in [0.2, 0.25) is 5.95 Å². The molecule has 0 aromatic carbocycles. The Hall–Kier alpha value is -1.93. The van der Waals surface area contributed by atoms with E-state index in [1.165, 1.54) is 6.42 Å². The number of guanidine groups is 1. The van der Waals surface area contributed by atoms with Gasteiger partial charge in [0.05, 0.1) is 0 Å². The van der Waals surface area contributed by atoms with Gasteiger partial charge < -0.3 is 20.3 Å². The maximum atomic E-state index is 5.59. The van der Waals surface area contributed by atoms with Crippen molar-refractivity contribution in [1.29, 1.82) is 0 Å². The first-order valence-electron chi connectivity index (χ1n) is 11.2. The molecular formula is C21H39N7O. The van der Waals surface area contributed by atoms with Gasteiger partial charge in [0.25, 0.3) is 0 Å². The van der Waals surface area contributed by atoms with Crippen LogP contribution in [0.4, 0.5) is 5.95 Å². The number of unbranched alkanes of at least 4 members (excludes halogenated alkanes) is 1. The summed E-state index contributed by atoms with van der Waals surface area (Å²) < 4.78 is 5.59. The smallest absolute Gasteiger partial charge is 0.225 e. The predicted molar refractivity (Wildman–Crippen MR) is 120 cm³/mol. The number of aliphatic imine (C=N–C) groups is 1. The van der Waals surface area contributed by atoms with E-state index in [9.17, 15) is 0 Å². The van der Waals surface area contributed by atoms with E-state index in [0.717, 1.165) is 96.7 Å². The van der Waals surface area contributed by atoms with Crippen LogP contribution in [0.15, 0.2) is 23.5 Å². The minimum atomic E-state index is 0.795. The lowest BCUT2D eigenvalue weighted by Crippen LogP contribution is -2.47. The third-order valence-corrected chi connectivity index (χ3v) is 4.85. The first-order valence-corrected chi connectivity index (χ1v) is 11.2. The van der Waals surface area contributed by atoms with Gasteiger partial charge in [-0.1, -0.05) is 13.3 Å². The fourth-order valence-corrected chi connectivity index (χ4v) is 3.18. The molecule has 2 rings (SSSR count). The first kappa shape index (κ1) is 23.3. The Labute approximate surface area is 176 Å². The molecule has 0 spiro atoms. The minimum Gasteiger partial charge on any atom is -0.381 e. The number of hydrogen-bond donors (Lipinski definition) is 2. The molecule has 164 valence electrons. The van der Waals surface area contributed by atoms with Crippen molar-refractivity contribution in [2.75, 3.05) is 70.5 Å². The van der Waals surface area contributed by atoms with Crippen LogP contribution in [0.1, 0.15) is 39.5 Å². The number of nitrogens with one attached hydrogen (secondary N) is 2. The lowest BCUT2D eigenvalue weighted by atomic mass is 10.3. The van der Waals surface area contributed by atoms with E-state index in [2.05, 4.69) is 49.2 Å². The Morgan fingerprint density at radius 1 is 1.03 bits per heavy atom. The summed E-state index contributed by atoms with van der Waals surface area (Å²) in [4.78, 5) is 18.1. The molecule has 1 aliphatic heterocycles. The summed E-state index contributed by atoms with van der Waals surface area (Å²) in [5.74, 6) is 1.75. The maximum Gasteiger partial charge on any atom is 0.225 e. The van der Waals surface area contributed by atoms with E-state index in [0.29, 0.717) is 0 Å². The van der Waals surface area contributed by atoms with Gasteiger partial charge in [-0.15, -0.1) is 0 Å². The second-order valence-corrected chi connectivity index (χ2v) is 7.24. The van der Waals surface area contributed by atoms with Crippen LogP contribution in [0, 0.1) is 0 Å². The van der Waals surface area contributed by atoms with Crippen molar-refractivity contribution in [2.45, 2.75) is 39.5 Å². The number of rotatable bonds is 13. The Bertz CT molecular complexity index is 547. The molecule has 0 saturated carbocycles. The molecule has 1 fully saturated rings. The van der Waals surface area contributed by atoms with Crippen molar-refractivity contribution in [3.63, 3.8) is 0 Å². The highest BCUT2D eigenvalue weighted by Crippen LogP contribution is 2.09. The molecule has 0 aliphatic carbocycles. The molecule has 8 heteroatoms. The third-order valence-electron chi connectivity index (χ3n) is 4.85. The van der Waals surface area contributed by atoms with E-state index in [4.69, 9.17) is 4.74 Å². The Kier molecular flexibility index (Phi) is 12.1. The van der Waals surface area contributed by atoms with Crippen molar-refractivity contribution >= 4 is 11.9 Å². The van der Waals surface area contributed by atoms with Crippen molar-refractivity contribution in [1.82, 2.24) is 25.5 Å². The van der Waals surface area contributed by atoms with E-state index >= 15 is 0 Å². The van der Waals surface area contributed by atoms with Gasteiger partial charge in [0.15, 0.2) is 5.96 Å². The molecule has 2 heterocycles. The highest BCUT2D eigenvalue weighted by Gasteiger charge is 2.18. The molecule has 0 amide bonds. The molecule has 1 aromatic rings. The summed E-state index contributed by atoms with van der Waals surface area (Å²) in [6, 6.07) is 1.86. The second-order valence-electron chi connectivity index (χ2n) is 7.24. The van der Waals surface area contributed by atoms with E-state index in [-0.39, 0.29) is 0 Å². The van der Waals surface area contributed by atoms with Crippen molar-refractivity contribution in [3.8, 4) is 0 Å². The fourth-order valence-electron chi connectivity index (χ4n) is 3.18. The summed E-state index contributed by atoms with van der Waals surface area (Å²) in [6.45, 7) is 13.7. The van der Waals surface area contributed by atoms with E-state index in [1.807, 2.05) is 18.5 Å². The number of anilines is 1. The van der Waals surface area contributed by atoms with Gasteiger partial charge >= 0.3 is 0 Å². The zero-order chi connectivity index (χ0) is 20.6. The van der Waals surface area contributed by atoms with Gasteiger partial charge in [-0.25, -0.2) is 9.97 Å². The highest BCUT2D eigenvalue weighted by atomic mass is 16.5. The van der Waals surface area contributed by atoms with Crippen LogP contribution in [-0.4, -0.2) is 86.4 Å². The summed E-state index contributed by atoms with van der Waals surface area (Å²) in [7, 11) is 0. The molecule has 8 nitrogen and oxygen atoms in total. The van der Waals surface area contributed by atoms with E-state index in [1.54, 1.807) is 0 Å². The van der Waals surface area contributed by atoms with Gasteiger partial charge in [-0.2, -0.15) is 0 Å². The summed E-state index contributed by atoms with van der Waals surface area (Å²) in [5.41, 5.74) is 0. The standard InChI is InChI=1S/C21H39N7O/c1-3-5-18-29-19-8-12-24-20(22-4-2)23-11-7-13-27-14-16-28(17-15-27)21-25-9-6-10-26-21/h6,9-10H,3-5,7-8,11-19H2,1-2H3,(H2,22,23,24). The molecule has 0 atom stereocenters. The number of ether oxygens (including phenoxy) is 1. The minimum absolute atomic E-state index is 0.795. The van der Waals surface area contributed by atoms with Crippen LogP contribution < -0.4 is 15.5 Å². The number of hydrogen-bond acceptors (Lipinski definition) is 6. The highest BCUT2D eigenvalue weighted by molar-refractivity contribution is 5.79. The SMILES string of the molecule is CCCCOCCCN=C(NCC)NCCCN1CCN(c2ncccn2)CC1. The molecule has 0 radical (unpaired) electrons. The largest absolute Gasteiger partial charge is 0.381 e. The second kappa shape index (κ2) is 15.0. The summed E-state index contributed by atoms with van der Waals surface area (Å²) >= 11 is 0. The Morgan fingerprint density at radius 3 is 2.52 bits per heavy atom. The zero-order valence-electron chi connectivity index (χ0n) is 18.3. The van der Waals surface area contributed by atoms with Gasteiger partial charge in [-0.05, 0) is 38.8 Å². The third kappa shape index (κ3) is 9.89. The fraction of sp³-hybridized carbons (Fsp3) is 0.762. The van der Waals surface area contributed by atoms with Gasteiger partial charge in [-0.3, -0.25) is 9.89 Å². The molecule has 1 aromatic heterocycles. The van der Waals surface area contributed by atoms with Crippen LogP contribution in [0.25, 0.3) is 0 Å². The van der Waals surface area contributed by atoms with Crippen LogP contribution in [0.5, 0.6) is 0 Å². The van der Waals surface area contributed by atoms with E-state index < -0.39 is 0 Å². The van der Waals surface area contributed by atoms with Gasteiger partial charge in [0.1, 0.15) is 0 Å². The average Bonchev–Trinajstić information content (AvgIpc) is 2.77. The number of nitrogens with zero attached hydrogens (tertiary/aromatic N) is 5. The first-order chi connectivity index (χ1) is 14.3. The van der Waals surface area contributed by atoms with Crippen LogP contribution in [0.2, 0.25) is 0 Å². The number of piperazine rings is 1. The Balaban J connectivity index is 1.56. The summed E-state index contributed by atoms with van der Waals surface area (Å²) in [5, 5.41) is 6.77. The lowest BCUT2D eigenvalue weighted by molar-refractivity contribution is 0.130. The summed E-state index contributed by atoms with van der Waals surface area (Å²) in [6.07, 6.45) is 8.01. The maximum absolute atomic E-state index is 5.59. The molecule has 2 N–H and O–H groups in total. The van der Waals surface area contributed by atoms with Crippen LogP contribution in [0.3, 0.4) is 0 Å². The van der Waals surface area contributed by atoms with Crippen molar-refractivity contribution in [3.05, 3.63) is 18.5 Å². The monoisotopic (exact) mass is 405 g/mol. The average molecular weight is 406 g/mol. The quantitative estimate of drug-likeness (QED) is 0.294. The lowest BCUT2D eigenvalue weighted by Gasteiger charge is -2.34. The molecular weight excluding hydrogens is 366 g/mol. The molecule has 29 heavy (non-hydrogen) atoms. The van der Waals surface area contributed by atoms with Crippen LogP contribution in [-0.2, 0) is 4.74 Å². The molecule has 1 saturated heterocycles. The molecule has 1 aliphatic rings. The van der Waals surface area contributed by atoms with Crippen molar-refractivity contribution in [2.24, 2.45) is 4.99 Å². The topological polar surface area (TPSA) is 77.9 Å². The van der Waals surface area contributed by atoms with Gasteiger partial charge in [0, 0.05) is 71.4 Å². The normalized spacial score (nSPS) is 15.5. The molecule has 0 bridgehead atoms. The number of aromatic nitrogens is 2.